The van der Waals surface area contributed by atoms with Crippen molar-refractivity contribution in [1.82, 2.24) is 0 Å². The van der Waals surface area contributed by atoms with Crippen LogP contribution < -0.4 is 10.5 Å². The number of halogens is 2. The van der Waals surface area contributed by atoms with E-state index in [1.165, 1.54) is 0 Å². The quantitative estimate of drug-likeness (QED) is 0.843. The molecule has 1 atom stereocenters. The molecule has 1 amide bonds. The molecule has 0 spiro atoms. The lowest BCUT2D eigenvalue weighted by Gasteiger charge is -2.19. The first kappa shape index (κ1) is 16.1. The Morgan fingerprint density at radius 3 is 2.68 bits per heavy atom. The van der Waals surface area contributed by atoms with E-state index in [2.05, 4.69) is 15.9 Å². The van der Waals surface area contributed by atoms with Crippen molar-refractivity contribution >= 4 is 33.6 Å². The molecule has 2 N–H and O–H groups in total. The largest absolute Gasteiger partial charge is 0.488 e. The van der Waals surface area contributed by atoms with Gasteiger partial charge in [-0.05, 0) is 30.5 Å². The summed E-state index contributed by atoms with van der Waals surface area (Å²) < 4.78 is 11.5. The van der Waals surface area contributed by atoms with E-state index < -0.39 is 6.09 Å². The Labute approximate surface area is 126 Å². The molecule has 0 saturated heterocycles. The molecule has 0 aliphatic rings. The minimum Gasteiger partial charge on any atom is -0.488 e. The normalized spacial score (nSPS) is 12.3. The van der Waals surface area contributed by atoms with Gasteiger partial charge in [-0.3, -0.25) is 0 Å². The summed E-state index contributed by atoms with van der Waals surface area (Å²) in [7, 11) is 0. The van der Waals surface area contributed by atoms with E-state index >= 15 is 0 Å². The van der Waals surface area contributed by atoms with Crippen molar-refractivity contribution in [3.63, 3.8) is 0 Å². The van der Waals surface area contributed by atoms with Gasteiger partial charge in [0, 0.05) is 4.47 Å². The third kappa shape index (κ3) is 6.16. The molecule has 6 heteroatoms. The number of primary amides is 1. The predicted molar refractivity (Wildman–Crippen MR) is 78.6 cm³/mol. The highest BCUT2D eigenvalue weighted by Crippen LogP contribution is 2.28. The molecule has 0 aliphatic carbocycles. The molecule has 0 radical (unpaired) electrons. The first-order chi connectivity index (χ1) is 8.88. The molecule has 0 saturated carbocycles. The molecule has 1 rings (SSSR count). The van der Waals surface area contributed by atoms with Crippen molar-refractivity contribution in [3.05, 3.63) is 27.7 Å². The van der Waals surface area contributed by atoms with Crippen LogP contribution in [0.15, 0.2) is 22.7 Å². The minimum atomic E-state index is -0.795. The lowest BCUT2D eigenvalue weighted by atomic mass is 10.1. The second-order valence-corrected chi connectivity index (χ2v) is 5.90. The fourth-order valence-electron chi connectivity index (χ4n) is 1.62. The summed E-state index contributed by atoms with van der Waals surface area (Å²) in [5, 5.41) is 0.497. The summed E-state index contributed by atoms with van der Waals surface area (Å²) in [6.45, 7) is 4.29. The van der Waals surface area contributed by atoms with Gasteiger partial charge in [0.25, 0.3) is 0 Å². The molecule has 0 fully saturated rings. The van der Waals surface area contributed by atoms with E-state index in [0.29, 0.717) is 23.1 Å². The molecule has 0 aromatic heterocycles. The van der Waals surface area contributed by atoms with Crippen molar-refractivity contribution in [1.29, 1.82) is 0 Å². The van der Waals surface area contributed by atoms with Gasteiger partial charge >= 0.3 is 6.09 Å². The zero-order valence-corrected chi connectivity index (χ0v) is 13.2. The first-order valence-electron chi connectivity index (χ1n) is 5.92. The van der Waals surface area contributed by atoms with Crippen molar-refractivity contribution in [2.75, 3.05) is 6.61 Å². The molecule has 106 valence electrons. The Bertz CT molecular complexity index is 440. The SMILES string of the molecule is CC(C)CC(COc1ccc(Br)cc1Cl)OC(N)=O. The number of nitrogens with two attached hydrogens (primary N) is 1. The molecule has 4 nitrogen and oxygen atoms in total. The number of hydrogen-bond acceptors (Lipinski definition) is 3. The molecule has 1 aromatic carbocycles. The Morgan fingerprint density at radius 1 is 1.47 bits per heavy atom. The Balaban J connectivity index is 2.61. The molecular formula is C13H17BrClNO3. The Morgan fingerprint density at radius 2 is 2.16 bits per heavy atom. The third-order valence-corrected chi connectivity index (χ3v) is 3.12. The minimum absolute atomic E-state index is 0.225. The number of carbonyl (C=O) groups is 1. The van der Waals surface area contributed by atoms with Crippen molar-refractivity contribution in [2.24, 2.45) is 11.7 Å². The van der Waals surface area contributed by atoms with Gasteiger partial charge in [0.15, 0.2) is 0 Å². The van der Waals surface area contributed by atoms with Crippen LogP contribution in [-0.4, -0.2) is 18.8 Å². The smallest absolute Gasteiger partial charge is 0.404 e. The van der Waals surface area contributed by atoms with E-state index in [-0.39, 0.29) is 12.7 Å². The monoisotopic (exact) mass is 349 g/mol. The average Bonchev–Trinajstić information content (AvgIpc) is 2.25. The van der Waals surface area contributed by atoms with Gasteiger partial charge in [-0.15, -0.1) is 0 Å². The maximum atomic E-state index is 10.8. The van der Waals surface area contributed by atoms with Gasteiger partial charge in [0.1, 0.15) is 18.5 Å². The summed E-state index contributed by atoms with van der Waals surface area (Å²) in [5.41, 5.74) is 5.04. The van der Waals surface area contributed by atoms with Crippen LogP contribution in [0.2, 0.25) is 5.02 Å². The number of benzene rings is 1. The zero-order chi connectivity index (χ0) is 14.4. The average molecular weight is 351 g/mol. The maximum Gasteiger partial charge on any atom is 0.404 e. The molecule has 19 heavy (non-hydrogen) atoms. The molecule has 1 aromatic rings. The van der Waals surface area contributed by atoms with Gasteiger partial charge in [-0.25, -0.2) is 4.79 Å². The van der Waals surface area contributed by atoms with Gasteiger partial charge in [0.05, 0.1) is 5.02 Å². The number of carbonyl (C=O) groups excluding carboxylic acids is 1. The van der Waals surface area contributed by atoms with E-state index in [1.807, 2.05) is 19.9 Å². The van der Waals surface area contributed by atoms with Crippen LogP contribution in [0.3, 0.4) is 0 Å². The third-order valence-electron chi connectivity index (χ3n) is 2.34. The topological polar surface area (TPSA) is 61.6 Å². The fourth-order valence-corrected chi connectivity index (χ4v) is 2.34. The lowest BCUT2D eigenvalue weighted by Crippen LogP contribution is -2.29. The van der Waals surface area contributed by atoms with Gasteiger partial charge in [-0.2, -0.15) is 0 Å². The lowest BCUT2D eigenvalue weighted by molar-refractivity contribution is 0.0591. The number of rotatable bonds is 6. The van der Waals surface area contributed by atoms with Gasteiger partial charge in [-0.1, -0.05) is 41.4 Å². The zero-order valence-electron chi connectivity index (χ0n) is 10.9. The van der Waals surface area contributed by atoms with Gasteiger partial charge in [0.2, 0.25) is 0 Å². The second kappa shape index (κ2) is 7.60. The fraction of sp³-hybridized carbons (Fsp3) is 0.462. The molecule has 1 unspecified atom stereocenters. The second-order valence-electron chi connectivity index (χ2n) is 4.57. The summed E-state index contributed by atoms with van der Waals surface area (Å²) in [4.78, 5) is 10.8. The predicted octanol–water partition coefficient (Wildman–Crippen LogP) is 3.99. The van der Waals surface area contributed by atoms with Gasteiger partial charge < -0.3 is 15.2 Å². The number of amides is 1. The van der Waals surface area contributed by atoms with Crippen LogP contribution in [0, 0.1) is 5.92 Å². The van der Waals surface area contributed by atoms with Crippen LogP contribution in [0.5, 0.6) is 5.75 Å². The van der Waals surface area contributed by atoms with Crippen LogP contribution in [-0.2, 0) is 4.74 Å². The number of ether oxygens (including phenoxy) is 2. The van der Waals surface area contributed by atoms with E-state index in [1.54, 1.807) is 12.1 Å². The highest BCUT2D eigenvalue weighted by Gasteiger charge is 2.16. The van der Waals surface area contributed by atoms with E-state index in [4.69, 9.17) is 26.8 Å². The standard InChI is InChI=1S/C13H17BrClNO3/c1-8(2)5-10(19-13(16)17)7-18-12-4-3-9(14)6-11(12)15/h3-4,6,8,10H,5,7H2,1-2H3,(H2,16,17). The van der Waals surface area contributed by atoms with Crippen LogP contribution in [0.1, 0.15) is 20.3 Å². The summed E-state index contributed by atoms with van der Waals surface area (Å²) in [6.07, 6.45) is -0.495. The van der Waals surface area contributed by atoms with Crippen molar-refractivity contribution in [2.45, 2.75) is 26.4 Å². The van der Waals surface area contributed by atoms with Crippen molar-refractivity contribution < 1.29 is 14.3 Å². The molecule has 0 aliphatic heterocycles. The molecular weight excluding hydrogens is 334 g/mol. The number of hydrogen-bond donors (Lipinski definition) is 1. The Kier molecular flexibility index (Phi) is 6.45. The highest BCUT2D eigenvalue weighted by atomic mass is 79.9. The maximum absolute atomic E-state index is 10.8. The summed E-state index contributed by atoms with van der Waals surface area (Å²) in [5.74, 6) is 0.917. The summed E-state index contributed by atoms with van der Waals surface area (Å²) >= 11 is 9.35. The Hall–Kier alpha value is -0.940. The highest BCUT2D eigenvalue weighted by molar-refractivity contribution is 9.10. The summed E-state index contributed by atoms with van der Waals surface area (Å²) in [6, 6.07) is 5.32. The van der Waals surface area contributed by atoms with E-state index in [9.17, 15) is 4.79 Å². The molecule has 0 bridgehead atoms. The van der Waals surface area contributed by atoms with Crippen LogP contribution in [0.25, 0.3) is 0 Å². The van der Waals surface area contributed by atoms with Crippen LogP contribution in [0.4, 0.5) is 4.79 Å². The van der Waals surface area contributed by atoms with E-state index in [0.717, 1.165) is 4.47 Å². The van der Waals surface area contributed by atoms with Crippen LogP contribution >= 0.6 is 27.5 Å². The van der Waals surface area contributed by atoms with Crippen molar-refractivity contribution in [3.8, 4) is 5.75 Å². The molecule has 0 heterocycles. The first-order valence-corrected chi connectivity index (χ1v) is 7.09.